The predicted octanol–water partition coefficient (Wildman–Crippen LogP) is 2.36. The zero-order valence-corrected chi connectivity index (χ0v) is 15.7. The maximum absolute atomic E-state index is 8.00. The van der Waals surface area contributed by atoms with E-state index in [2.05, 4.69) is 29.6 Å². The smallest absolute Gasteiger partial charge is 0.130 e. The van der Waals surface area contributed by atoms with Crippen LogP contribution in [0.25, 0.3) is 0 Å². The minimum atomic E-state index is 0.203. The van der Waals surface area contributed by atoms with Crippen molar-refractivity contribution in [3.63, 3.8) is 0 Å². The third kappa shape index (κ3) is 6.19. The number of hydrogen-bond donors (Lipinski definition) is 4. The number of nitrogen functional groups attached to an aromatic ring is 1. The number of benzene rings is 1. The summed E-state index contributed by atoms with van der Waals surface area (Å²) in [6, 6.07) is 7.53. The standard InChI is InChI=1S/C15H21N3S.C3H9NO/c1-3-4-13(15(19-2)9-10-15)18-14(17)11-5-7-12(16)8-6-11;1-4-2-3-5/h4-8H,3,9-10,16H2,1-2H3,(H2,17,18);4-5H,2-3H2,1H3/b13-4-;. The van der Waals surface area contributed by atoms with Gasteiger partial charge in [-0.1, -0.05) is 13.0 Å². The molecule has 5 nitrogen and oxygen atoms in total. The van der Waals surface area contributed by atoms with Gasteiger partial charge >= 0.3 is 0 Å². The molecule has 1 aliphatic carbocycles. The van der Waals surface area contributed by atoms with Gasteiger partial charge in [-0.25, -0.2) is 4.99 Å². The Hall–Kier alpha value is -1.50. The molecule has 134 valence electrons. The molecular weight excluding hydrogens is 320 g/mol. The number of hydrogen-bond acceptors (Lipinski definition) is 5. The van der Waals surface area contributed by atoms with Gasteiger partial charge in [0.15, 0.2) is 0 Å². The van der Waals surface area contributed by atoms with Crippen molar-refractivity contribution in [2.45, 2.75) is 30.9 Å². The average Bonchev–Trinajstić information content (AvgIpc) is 3.37. The summed E-state index contributed by atoms with van der Waals surface area (Å²) < 4.78 is 0.203. The number of nitrogens with one attached hydrogen (secondary N) is 1. The van der Waals surface area contributed by atoms with Crippen molar-refractivity contribution in [2.75, 3.05) is 32.2 Å². The molecule has 6 N–H and O–H groups in total. The number of aliphatic hydroxyl groups excluding tert-OH is 1. The fourth-order valence-electron chi connectivity index (χ4n) is 2.17. The summed E-state index contributed by atoms with van der Waals surface area (Å²) in [7, 11) is 1.80. The minimum Gasteiger partial charge on any atom is -0.399 e. The van der Waals surface area contributed by atoms with E-state index >= 15 is 0 Å². The minimum absolute atomic E-state index is 0.203. The molecule has 1 saturated carbocycles. The van der Waals surface area contributed by atoms with Crippen LogP contribution >= 0.6 is 11.8 Å². The van der Waals surface area contributed by atoms with E-state index in [9.17, 15) is 0 Å². The van der Waals surface area contributed by atoms with E-state index in [0.717, 1.165) is 23.4 Å². The van der Waals surface area contributed by atoms with Crippen LogP contribution in [0.4, 0.5) is 5.69 Å². The lowest BCUT2D eigenvalue weighted by Gasteiger charge is -2.14. The highest BCUT2D eigenvalue weighted by Gasteiger charge is 2.45. The Balaban J connectivity index is 0.000000505. The maximum atomic E-state index is 8.00. The van der Waals surface area contributed by atoms with Crippen molar-refractivity contribution in [1.82, 2.24) is 5.32 Å². The Bertz CT molecular complexity index is 549. The van der Waals surface area contributed by atoms with Gasteiger partial charge in [-0.15, -0.1) is 0 Å². The van der Waals surface area contributed by atoms with Crippen molar-refractivity contribution in [3.05, 3.63) is 41.6 Å². The highest BCUT2D eigenvalue weighted by atomic mass is 32.2. The molecule has 0 aromatic heterocycles. The first-order chi connectivity index (χ1) is 11.5. The number of nitrogens with zero attached hydrogens (tertiary/aromatic N) is 1. The van der Waals surface area contributed by atoms with Crippen LogP contribution in [0.3, 0.4) is 0 Å². The number of amidine groups is 1. The lowest BCUT2D eigenvalue weighted by atomic mass is 10.2. The lowest BCUT2D eigenvalue weighted by molar-refractivity contribution is 0.296. The van der Waals surface area contributed by atoms with Gasteiger partial charge in [-0.05, 0) is 56.8 Å². The highest BCUT2D eigenvalue weighted by Crippen LogP contribution is 2.53. The molecule has 0 saturated heterocycles. The number of thioether (sulfide) groups is 1. The molecule has 0 spiro atoms. The third-order valence-electron chi connectivity index (χ3n) is 3.77. The first kappa shape index (κ1) is 20.5. The molecule has 6 heteroatoms. The molecule has 1 aromatic rings. The summed E-state index contributed by atoms with van der Waals surface area (Å²) in [6.45, 7) is 3.06. The first-order valence-electron chi connectivity index (χ1n) is 8.24. The molecule has 0 radical (unpaired) electrons. The third-order valence-corrected chi connectivity index (χ3v) is 5.17. The average molecular weight is 351 g/mol. The van der Waals surface area contributed by atoms with E-state index in [-0.39, 0.29) is 11.4 Å². The van der Waals surface area contributed by atoms with E-state index in [0.29, 0.717) is 12.4 Å². The first-order valence-corrected chi connectivity index (χ1v) is 9.46. The van der Waals surface area contributed by atoms with Crippen LogP contribution < -0.4 is 16.8 Å². The van der Waals surface area contributed by atoms with Crippen molar-refractivity contribution in [2.24, 2.45) is 10.7 Å². The normalized spacial score (nSPS) is 16.3. The quantitative estimate of drug-likeness (QED) is 0.344. The number of nitrogens with two attached hydrogens (primary N) is 2. The second-order valence-corrected chi connectivity index (χ2v) is 6.83. The Morgan fingerprint density at radius 1 is 1.38 bits per heavy atom. The zero-order chi connectivity index (χ0) is 18.0. The molecule has 0 atom stereocenters. The maximum Gasteiger partial charge on any atom is 0.130 e. The number of aliphatic hydroxyl groups is 1. The predicted molar refractivity (Wildman–Crippen MR) is 106 cm³/mol. The molecule has 0 heterocycles. The van der Waals surface area contributed by atoms with Gasteiger partial charge in [0.2, 0.25) is 0 Å². The number of allylic oxidation sites excluding steroid dienone is 1. The van der Waals surface area contributed by atoms with Crippen LogP contribution in [-0.4, -0.2) is 42.1 Å². The van der Waals surface area contributed by atoms with E-state index in [1.54, 1.807) is 7.05 Å². The summed E-state index contributed by atoms with van der Waals surface area (Å²) in [4.78, 5) is 4.67. The summed E-state index contributed by atoms with van der Waals surface area (Å²) in [6.07, 6.45) is 7.70. The van der Waals surface area contributed by atoms with Gasteiger partial charge in [0.05, 0.1) is 17.1 Å². The van der Waals surface area contributed by atoms with Gasteiger partial charge in [-0.2, -0.15) is 11.8 Å². The van der Waals surface area contributed by atoms with Gasteiger partial charge < -0.3 is 21.9 Å². The van der Waals surface area contributed by atoms with Gasteiger partial charge in [0, 0.05) is 17.8 Å². The van der Waals surface area contributed by atoms with Crippen molar-refractivity contribution < 1.29 is 5.11 Å². The molecular formula is C18H30N4OS. The summed E-state index contributed by atoms with van der Waals surface area (Å²) in [5, 5.41) is 10.8. The van der Waals surface area contributed by atoms with E-state index in [4.69, 9.17) is 16.6 Å². The molecule has 2 rings (SSSR count). The highest BCUT2D eigenvalue weighted by molar-refractivity contribution is 8.00. The largest absolute Gasteiger partial charge is 0.399 e. The van der Waals surface area contributed by atoms with E-state index in [1.807, 2.05) is 36.0 Å². The van der Waals surface area contributed by atoms with E-state index in [1.165, 1.54) is 12.8 Å². The zero-order valence-electron chi connectivity index (χ0n) is 14.9. The SMILES string of the molecule is CC/C=C(\N=C(N)c1ccc(N)cc1)C1(SC)CC1.CNCCO. The molecule has 0 amide bonds. The number of rotatable bonds is 7. The molecule has 24 heavy (non-hydrogen) atoms. The summed E-state index contributed by atoms with van der Waals surface area (Å²) in [5.74, 6) is 0.569. The molecule has 1 aromatic carbocycles. The molecule has 1 aliphatic rings. The van der Waals surface area contributed by atoms with Crippen molar-refractivity contribution in [1.29, 1.82) is 0 Å². The Kier molecular flexibility index (Phi) is 8.89. The Labute approximate surface area is 149 Å². The number of anilines is 1. The number of likely N-dealkylation sites (N-methyl/N-ethyl adjacent to an activating group) is 1. The van der Waals surface area contributed by atoms with Crippen LogP contribution in [0, 0.1) is 0 Å². The molecule has 1 fully saturated rings. The van der Waals surface area contributed by atoms with E-state index < -0.39 is 0 Å². The van der Waals surface area contributed by atoms with Crippen LogP contribution in [0.15, 0.2) is 41.0 Å². The van der Waals surface area contributed by atoms with Crippen LogP contribution in [0.2, 0.25) is 0 Å². The van der Waals surface area contributed by atoms with Crippen LogP contribution in [0.1, 0.15) is 31.7 Å². The second-order valence-electron chi connectivity index (χ2n) is 5.64. The lowest BCUT2D eigenvalue weighted by Crippen LogP contribution is -2.16. The fraction of sp³-hybridized carbons (Fsp3) is 0.500. The Morgan fingerprint density at radius 3 is 2.38 bits per heavy atom. The topological polar surface area (TPSA) is 96.7 Å². The van der Waals surface area contributed by atoms with Crippen LogP contribution in [0.5, 0.6) is 0 Å². The number of aliphatic imine (C=N–C) groups is 1. The monoisotopic (exact) mass is 350 g/mol. The fourth-order valence-corrected chi connectivity index (χ4v) is 3.01. The van der Waals surface area contributed by atoms with Crippen molar-refractivity contribution >= 4 is 23.3 Å². The molecule has 0 bridgehead atoms. The Morgan fingerprint density at radius 2 is 2.00 bits per heavy atom. The van der Waals surface area contributed by atoms with Gasteiger partial charge in [0.1, 0.15) is 5.84 Å². The molecule has 0 unspecified atom stereocenters. The second kappa shape index (κ2) is 10.4. The van der Waals surface area contributed by atoms with Crippen LogP contribution in [-0.2, 0) is 0 Å². The van der Waals surface area contributed by atoms with Gasteiger partial charge in [-0.3, -0.25) is 0 Å². The summed E-state index contributed by atoms with van der Waals surface area (Å²) >= 11 is 1.87. The molecule has 0 aliphatic heterocycles. The summed E-state index contributed by atoms with van der Waals surface area (Å²) in [5.41, 5.74) is 14.6. The van der Waals surface area contributed by atoms with Crippen molar-refractivity contribution in [3.8, 4) is 0 Å². The van der Waals surface area contributed by atoms with Gasteiger partial charge in [0.25, 0.3) is 0 Å².